The van der Waals surface area contributed by atoms with Crippen molar-refractivity contribution in [2.75, 3.05) is 77.3 Å². The number of hydrogen-bond acceptors (Lipinski definition) is 8. The maximum Gasteiger partial charge on any atom is 0.387 e. The van der Waals surface area contributed by atoms with E-state index in [0.717, 1.165) is 88.3 Å². The van der Waals surface area contributed by atoms with Crippen LogP contribution >= 0.6 is 0 Å². The minimum Gasteiger partial charge on any atom is -0.435 e. The molecule has 1 aromatic rings. The van der Waals surface area contributed by atoms with Crippen molar-refractivity contribution in [1.82, 2.24) is 35.6 Å². The maximum absolute atomic E-state index is 13.5. The average molecular weight is 817 g/mol. The van der Waals surface area contributed by atoms with Gasteiger partial charge >= 0.3 is 12.6 Å². The molecular formula is C42H63F3N8O5. The van der Waals surface area contributed by atoms with Crippen LogP contribution in [0.3, 0.4) is 0 Å². The minimum atomic E-state index is -3.07. The third-order valence-corrected chi connectivity index (χ3v) is 12.6. The van der Waals surface area contributed by atoms with E-state index in [-0.39, 0.29) is 69.2 Å². The fraction of sp³-hybridized carbons (Fsp3) is 0.762. The number of carbonyl (C=O) groups is 4. The van der Waals surface area contributed by atoms with Crippen LogP contribution in [0, 0.1) is 34.4 Å². The van der Waals surface area contributed by atoms with Crippen molar-refractivity contribution in [2.45, 2.75) is 103 Å². The average Bonchev–Trinajstić information content (AvgIpc) is 2.96. The number of ether oxygens (including phenoxy) is 1. The lowest BCUT2D eigenvalue weighted by Crippen LogP contribution is -2.75. The van der Waals surface area contributed by atoms with Gasteiger partial charge in [-0.05, 0) is 104 Å². The number of halogens is 3. The van der Waals surface area contributed by atoms with Crippen LogP contribution in [0.25, 0.3) is 0 Å². The quantitative estimate of drug-likeness (QED) is 0.277. The lowest BCUT2D eigenvalue weighted by atomic mass is 9.53. The molecule has 4 saturated carbocycles. The van der Waals surface area contributed by atoms with Gasteiger partial charge in [0.25, 0.3) is 0 Å². The Labute approximate surface area is 340 Å². The number of anilines is 1. The van der Waals surface area contributed by atoms with Crippen LogP contribution < -0.4 is 26.0 Å². The Bertz CT molecular complexity index is 1680. The van der Waals surface area contributed by atoms with Gasteiger partial charge in [0.1, 0.15) is 11.6 Å². The SMILES string of the molecule is CC(C)(C)NC(=O)CN1CC2(C1)CN(C(=O)NC13CC4CC(CC(C4)C1)C3)C2.CC(C)(C)NC(=O)CN1CC2(CN(CC(=O)Nc3cc(F)cc(OC(F)F)c3)C2)C1. The standard InChI is InChI=1S/C22H36N4O2.C20H27F3N4O3/c1-20(2,3)23-18(27)10-25-11-21(12-25)13-26(14-21)19(28)24-22-7-15-4-16(8-22)6-17(5-15)9-22;1-19(2,3)25-17(29)8-27-11-20(12-27)9-26(10-20)7-16(28)24-14-4-13(21)5-15(6-14)30-18(22)23/h15-17H,4-14H2,1-3H3,(H,23,27)(H,24,28);4-6,18H,7-12H2,1-3H3,(H,24,28)(H,25,29). The summed E-state index contributed by atoms with van der Waals surface area (Å²) in [5.41, 5.74) is 0.0766. The van der Waals surface area contributed by atoms with E-state index in [9.17, 15) is 32.3 Å². The molecule has 0 unspecified atom stereocenters. The van der Waals surface area contributed by atoms with Crippen LogP contribution in [0.4, 0.5) is 23.7 Å². The largest absolute Gasteiger partial charge is 0.435 e. The fourth-order valence-corrected chi connectivity index (χ4v) is 11.5. The van der Waals surface area contributed by atoms with E-state index >= 15 is 0 Å². The van der Waals surface area contributed by atoms with E-state index in [1.54, 1.807) is 0 Å². The fourth-order valence-electron chi connectivity index (χ4n) is 11.5. The Balaban J connectivity index is 0.000000177. The van der Waals surface area contributed by atoms with Gasteiger partial charge in [0.05, 0.1) is 19.6 Å². The zero-order chi connectivity index (χ0) is 41.8. The van der Waals surface area contributed by atoms with Crippen LogP contribution in [0.1, 0.15) is 80.1 Å². The minimum absolute atomic E-state index is 0.00167. The summed E-state index contributed by atoms with van der Waals surface area (Å²) in [6.07, 6.45) is 7.84. The molecule has 4 heterocycles. The normalized spacial score (nSPS) is 28.0. The van der Waals surface area contributed by atoms with Crippen LogP contribution in [-0.2, 0) is 14.4 Å². The third-order valence-electron chi connectivity index (χ3n) is 12.6. The van der Waals surface area contributed by atoms with Gasteiger partial charge in [0.15, 0.2) is 0 Å². The molecule has 58 heavy (non-hydrogen) atoms. The molecule has 5 amide bonds. The van der Waals surface area contributed by atoms with E-state index in [0.29, 0.717) is 13.1 Å². The number of hydrogen-bond donors (Lipinski definition) is 4. The summed E-state index contributed by atoms with van der Waals surface area (Å²) in [5.74, 6) is 1.16. The maximum atomic E-state index is 13.5. The molecule has 4 aliphatic carbocycles. The van der Waals surface area contributed by atoms with Crippen molar-refractivity contribution >= 4 is 29.4 Å². The number of nitrogens with zero attached hydrogens (tertiary/aromatic N) is 4. The van der Waals surface area contributed by atoms with Crippen molar-refractivity contribution < 1.29 is 37.1 Å². The molecule has 4 N–H and O–H groups in total. The second kappa shape index (κ2) is 15.8. The highest BCUT2D eigenvalue weighted by Gasteiger charge is 2.56. The van der Waals surface area contributed by atoms with Gasteiger partial charge in [-0.2, -0.15) is 8.78 Å². The van der Waals surface area contributed by atoms with E-state index in [1.165, 1.54) is 38.5 Å². The van der Waals surface area contributed by atoms with Crippen molar-refractivity contribution in [3.8, 4) is 5.75 Å². The zero-order valence-electron chi connectivity index (χ0n) is 35.0. The molecule has 4 bridgehead atoms. The van der Waals surface area contributed by atoms with Crippen molar-refractivity contribution in [1.29, 1.82) is 0 Å². The molecule has 0 aromatic heterocycles. The molecule has 16 heteroatoms. The van der Waals surface area contributed by atoms with Gasteiger partial charge < -0.3 is 30.9 Å². The molecule has 13 nitrogen and oxygen atoms in total. The molecule has 4 aliphatic heterocycles. The van der Waals surface area contributed by atoms with Crippen LogP contribution in [0.15, 0.2) is 18.2 Å². The summed E-state index contributed by atoms with van der Waals surface area (Å²) in [6.45, 7) is 16.4. The molecule has 0 atom stereocenters. The molecule has 2 spiro atoms. The van der Waals surface area contributed by atoms with Crippen LogP contribution in [-0.4, -0.2) is 139 Å². The molecule has 4 saturated heterocycles. The number of amides is 5. The number of benzene rings is 1. The molecule has 0 radical (unpaired) electrons. The first-order valence-electron chi connectivity index (χ1n) is 20.9. The van der Waals surface area contributed by atoms with E-state index < -0.39 is 12.4 Å². The lowest BCUT2D eigenvalue weighted by molar-refractivity contribution is -0.141. The Hall–Kier alpha value is -3.63. The number of carbonyl (C=O) groups excluding carboxylic acids is 4. The Morgan fingerprint density at radius 2 is 1.12 bits per heavy atom. The van der Waals surface area contributed by atoms with Crippen molar-refractivity contribution in [3.63, 3.8) is 0 Å². The summed E-state index contributed by atoms with van der Waals surface area (Å²) in [5, 5.41) is 12.0. The summed E-state index contributed by atoms with van der Waals surface area (Å²) in [7, 11) is 0. The van der Waals surface area contributed by atoms with Gasteiger partial charge in [0.2, 0.25) is 17.7 Å². The molecular weight excluding hydrogens is 754 g/mol. The highest BCUT2D eigenvalue weighted by molar-refractivity contribution is 5.92. The molecule has 8 aliphatic rings. The highest BCUT2D eigenvalue weighted by Crippen LogP contribution is 2.56. The summed E-state index contributed by atoms with van der Waals surface area (Å²) in [4.78, 5) is 57.4. The van der Waals surface area contributed by atoms with Gasteiger partial charge in [-0.3, -0.25) is 29.1 Å². The van der Waals surface area contributed by atoms with E-state index in [1.807, 2.05) is 51.3 Å². The molecule has 9 rings (SSSR count). The second-order valence-corrected chi connectivity index (χ2v) is 21.1. The molecule has 322 valence electrons. The Morgan fingerprint density at radius 1 is 0.690 bits per heavy atom. The number of nitrogens with one attached hydrogen (secondary N) is 4. The number of urea groups is 1. The number of rotatable bonds is 10. The van der Waals surface area contributed by atoms with Crippen molar-refractivity contribution in [3.05, 3.63) is 24.0 Å². The topological polar surface area (TPSA) is 139 Å². The molecule has 1 aromatic carbocycles. The van der Waals surface area contributed by atoms with Gasteiger partial charge in [0, 0.05) is 97.6 Å². The van der Waals surface area contributed by atoms with Crippen LogP contribution in [0.5, 0.6) is 5.75 Å². The summed E-state index contributed by atoms with van der Waals surface area (Å²) >= 11 is 0. The van der Waals surface area contributed by atoms with Gasteiger partial charge in [-0.15, -0.1) is 0 Å². The lowest BCUT2D eigenvalue weighted by Gasteiger charge is -2.61. The second-order valence-electron chi connectivity index (χ2n) is 21.1. The van der Waals surface area contributed by atoms with Crippen LogP contribution in [0.2, 0.25) is 0 Å². The summed E-state index contributed by atoms with van der Waals surface area (Å²) < 4.78 is 42.3. The van der Waals surface area contributed by atoms with E-state index in [4.69, 9.17) is 0 Å². The summed E-state index contributed by atoms with van der Waals surface area (Å²) in [6, 6.07) is 3.18. The smallest absolute Gasteiger partial charge is 0.387 e. The Morgan fingerprint density at radius 3 is 1.55 bits per heavy atom. The first-order chi connectivity index (χ1) is 27.0. The first-order valence-corrected chi connectivity index (χ1v) is 20.9. The monoisotopic (exact) mass is 816 g/mol. The number of alkyl halides is 2. The molecule has 8 fully saturated rings. The third kappa shape index (κ3) is 10.6. The number of likely N-dealkylation sites (tertiary alicyclic amines) is 4. The van der Waals surface area contributed by atoms with Crippen molar-refractivity contribution in [2.24, 2.45) is 28.6 Å². The predicted molar refractivity (Wildman–Crippen MR) is 213 cm³/mol. The first kappa shape index (κ1) is 42.5. The van der Waals surface area contributed by atoms with Gasteiger partial charge in [-0.1, -0.05) is 0 Å². The van der Waals surface area contributed by atoms with Gasteiger partial charge in [-0.25, -0.2) is 9.18 Å². The predicted octanol–water partition coefficient (Wildman–Crippen LogP) is 4.10. The Kier molecular flexibility index (Phi) is 11.5. The highest BCUT2D eigenvalue weighted by atomic mass is 19.3. The van der Waals surface area contributed by atoms with E-state index in [2.05, 4.69) is 35.8 Å². The zero-order valence-corrected chi connectivity index (χ0v) is 35.0.